The van der Waals surface area contributed by atoms with Gasteiger partial charge in [0.15, 0.2) is 0 Å². The van der Waals surface area contributed by atoms with Crippen molar-refractivity contribution in [1.82, 2.24) is 0 Å². The highest BCUT2D eigenvalue weighted by atomic mass is 14.5. The number of hydrogen-bond donors (Lipinski definition) is 0. The van der Waals surface area contributed by atoms with Gasteiger partial charge in [-0.25, -0.2) is 0 Å². The molecule has 0 bridgehead atoms. The third-order valence-corrected chi connectivity index (χ3v) is 9.15. The standard InChI is InChI=1S/C24H42/c1-17-3-7-19(8-4-17)21-11-13-24-16-22(12-14-23(24)15-21)20-9-5-18(2)6-10-20/h17-24H,3-16H2,1-2H3. The van der Waals surface area contributed by atoms with Crippen LogP contribution in [-0.2, 0) is 0 Å². The first kappa shape index (κ1) is 17.4. The molecule has 0 saturated heterocycles. The van der Waals surface area contributed by atoms with Gasteiger partial charge in [0.2, 0.25) is 0 Å². The Balaban J connectivity index is 1.27. The van der Waals surface area contributed by atoms with E-state index in [-0.39, 0.29) is 0 Å². The SMILES string of the molecule is CC1CCC(C2CCC3CC(C4CCC(C)CC4)CCC3C2)CC1. The van der Waals surface area contributed by atoms with Crippen molar-refractivity contribution in [1.29, 1.82) is 0 Å². The van der Waals surface area contributed by atoms with Gasteiger partial charge in [-0.3, -0.25) is 0 Å². The maximum Gasteiger partial charge on any atom is -0.0383 e. The van der Waals surface area contributed by atoms with Crippen molar-refractivity contribution >= 4 is 0 Å². The molecule has 0 heterocycles. The average Bonchev–Trinajstić information content (AvgIpc) is 2.62. The Labute approximate surface area is 151 Å². The number of hydrogen-bond acceptors (Lipinski definition) is 0. The minimum absolute atomic E-state index is 1.02. The highest BCUT2D eigenvalue weighted by Gasteiger charge is 2.40. The second kappa shape index (κ2) is 7.71. The Morgan fingerprint density at radius 2 is 0.583 bits per heavy atom. The van der Waals surface area contributed by atoms with Crippen LogP contribution in [-0.4, -0.2) is 0 Å². The molecule has 24 heavy (non-hydrogen) atoms. The first-order valence-corrected chi connectivity index (χ1v) is 11.7. The molecule has 138 valence electrons. The fourth-order valence-electron chi connectivity index (χ4n) is 7.33. The van der Waals surface area contributed by atoms with E-state index in [4.69, 9.17) is 0 Å². The van der Waals surface area contributed by atoms with Crippen molar-refractivity contribution in [3.05, 3.63) is 0 Å². The van der Waals surface area contributed by atoms with Crippen molar-refractivity contribution in [3.63, 3.8) is 0 Å². The maximum atomic E-state index is 2.47. The molecule has 4 rings (SSSR count). The lowest BCUT2D eigenvalue weighted by molar-refractivity contribution is 0.0387. The van der Waals surface area contributed by atoms with E-state index in [1.807, 2.05) is 0 Å². The number of fused-ring (bicyclic) bond motifs is 1. The molecule has 0 N–H and O–H groups in total. The fraction of sp³-hybridized carbons (Fsp3) is 1.00. The second-order valence-electron chi connectivity index (χ2n) is 10.7. The molecule has 0 aromatic heterocycles. The third kappa shape index (κ3) is 3.88. The van der Waals surface area contributed by atoms with E-state index < -0.39 is 0 Å². The summed E-state index contributed by atoms with van der Waals surface area (Å²) >= 11 is 0. The lowest BCUT2D eigenvalue weighted by atomic mass is 9.59. The van der Waals surface area contributed by atoms with Crippen LogP contribution in [0.25, 0.3) is 0 Å². The Bertz CT molecular complexity index is 345. The molecule has 0 aromatic carbocycles. The van der Waals surface area contributed by atoms with Crippen LogP contribution < -0.4 is 0 Å². The van der Waals surface area contributed by atoms with Crippen LogP contribution in [0.15, 0.2) is 0 Å². The first-order chi connectivity index (χ1) is 11.7. The van der Waals surface area contributed by atoms with Gasteiger partial charge in [-0.1, -0.05) is 39.5 Å². The Hall–Kier alpha value is 0. The molecule has 0 aliphatic heterocycles. The lowest BCUT2D eigenvalue weighted by Gasteiger charge is -2.47. The van der Waals surface area contributed by atoms with Crippen molar-refractivity contribution in [2.75, 3.05) is 0 Å². The molecule has 0 spiro atoms. The minimum atomic E-state index is 1.02. The van der Waals surface area contributed by atoms with Gasteiger partial charge in [-0.05, 0) is 112 Å². The normalized spacial score (nSPS) is 50.2. The molecular formula is C24H42. The van der Waals surface area contributed by atoms with E-state index in [0.29, 0.717) is 0 Å². The molecule has 4 saturated carbocycles. The highest BCUT2D eigenvalue weighted by Crippen LogP contribution is 2.51. The predicted molar refractivity (Wildman–Crippen MR) is 104 cm³/mol. The van der Waals surface area contributed by atoms with Crippen molar-refractivity contribution in [3.8, 4) is 0 Å². The zero-order chi connectivity index (χ0) is 16.5. The van der Waals surface area contributed by atoms with Gasteiger partial charge < -0.3 is 0 Å². The maximum absolute atomic E-state index is 2.47. The van der Waals surface area contributed by atoms with E-state index in [0.717, 1.165) is 47.3 Å². The molecule has 0 nitrogen and oxygen atoms in total. The number of rotatable bonds is 2. The van der Waals surface area contributed by atoms with Crippen LogP contribution in [0.3, 0.4) is 0 Å². The minimum Gasteiger partial charge on any atom is -0.0625 e. The molecule has 4 aliphatic carbocycles. The van der Waals surface area contributed by atoms with E-state index in [9.17, 15) is 0 Å². The largest absolute Gasteiger partial charge is 0.0625 e. The summed E-state index contributed by atoms with van der Waals surface area (Å²) in [5, 5.41) is 0. The summed E-state index contributed by atoms with van der Waals surface area (Å²) in [7, 11) is 0. The lowest BCUT2D eigenvalue weighted by Crippen LogP contribution is -2.36. The van der Waals surface area contributed by atoms with Gasteiger partial charge in [-0.2, -0.15) is 0 Å². The molecule has 4 aliphatic rings. The quantitative estimate of drug-likeness (QED) is 0.492. The Morgan fingerprint density at radius 3 is 0.917 bits per heavy atom. The monoisotopic (exact) mass is 330 g/mol. The molecule has 0 amide bonds. The summed E-state index contributed by atoms with van der Waals surface area (Å²) in [6.07, 6.45) is 22.0. The zero-order valence-electron chi connectivity index (χ0n) is 16.5. The second-order valence-corrected chi connectivity index (χ2v) is 10.7. The summed E-state index contributed by atoms with van der Waals surface area (Å²) in [4.78, 5) is 0. The van der Waals surface area contributed by atoms with Crippen molar-refractivity contribution < 1.29 is 0 Å². The molecule has 0 radical (unpaired) electrons. The van der Waals surface area contributed by atoms with Gasteiger partial charge in [0, 0.05) is 0 Å². The average molecular weight is 331 g/mol. The summed E-state index contributed by atoms with van der Waals surface area (Å²) in [5.74, 6) is 8.75. The van der Waals surface area contributed by atoms with E-state index in [2.05, 4.69) is 13.8 Å². The fourth-order valence-corrected chi connectivity index (χ4v) is 7.33. The van der Waals surface area contributed by atoms with Crippen LogP contribution in [0.5, 0.6) is 0 Å². The third-order valence-electron chi connectivity index (χ3n) is 9.15. The summed E-state index contributed by atoms with van der Waals surface area (Å²) in [6.45, 7) is 4.95. The summed E-state index contributed by atoms with van der Waals surface area (Å²) in [5.41, 5.74) is 0. The summed E-state index contributed by atoms with van der Waals surface area (Å²) < 4.78 is 0. The van der Waals surface area contributed by atoms with Gasteiger partial charge in [-0.15, -0.1) is 0 Å². The van der Waals surface area contributed by atoms with Crippen LogP contribution in [0, 0.1) is 47.3 Å². The van der Waals surface area contributed by atoms with E-state index in [1.54, 1.807) is 64.2 Å². The Morgan fingerprint density at radius 1 is 0.333 bits per heavy atom. The topological polar surface area (TPSA) is 0 Å². The molecule has 4 unspecified atom stereocenters. The predicted octanol–water partition coefficient (Wildman–Crippen LogP) is 7.47. The highest BCUT2D eigenvalue weighted by molar-refractivity contribution is 4.91. The molecule has 0 aromatic rings. The Kier molecular flexibility index (Phi) is 5.59. The van der Waals surface area contributed by atoms with Gasteiger partial charge in [0.05, 0.1) is 0 Å². The zero-order valence-corrected chi connectivity index (χ0v) is 16.5. The van der Waals surface area contributed by atoms with E-state index >= 15 is 0 Å². The summed E-state index contributed by atoms with van der Waals surface area (Å²) in [6, 6.07) is 0. The van der Waals surface area contributed by atoms with Gasteiger partial charge in [0.1, 0.15) is 0 Å². The van der Waals surface area contributed by atoms with Crippen LogP contribution in [0.2, 0.25) is 0 Å². The van der Waals surface area contributed by atoms with Crippen LogP contribution in [0.4, 0.5) is 0 Å². The molecule has 0 heteroatoms. The van der Waals surface area contributed by atoms with Gasteiger partial charge >= 0.3 is 0 Å². The van der Waals surface area contributed by atoms with Gasteiger partial charge in [0.25, 0.3) is 0 Å². The smallest absolute Gasteiger partial charge is 0.0383 e. The molecule has 4 fully saturated rings. The van der Waals surface area contributed by atoms with Crippen molar-refractivity contribution in [2.45, 2.75) is 104 Å². The molecular weight excluding hydrogens is 288 g/mol. The first-order valence-electron chi connectivity index (χ1n) is 11.7. The van der Waals surface area contributed by atoms with E-state index in [1.165, 1.54) is 25.7 Å². The van der Waals surface area contributed by atoms with Crippen molar-refractivity contribution in [2.24, 2.45) is 47.3 Å². The molecule has 4 atom stereocenters. The van der Waals surface area contributed by atoms with Crippen LogP contribution in [0.1, 0.15) is 104 Å². The van der Waals surface area contributed by atoms with Crippen LogP contribution >= 0.6 is 0 Å².